The van der Waals surface area contributed by atoms with Gasteiger partial charge in [0, 0.05) is 45.3 Å². The van der Waals surface area contributed by atoms with Crippen LogP contribution in [0.3, 0.4) is 0 Å². The fraction of sp³-hybridized carbons (Fsp3) is 0.500. The number of amides is 1. The van der Waals surface area contributed by atoms with Gasteiger partial charge in [0.1, 0.15) is 5.82 Å². The van der Waals surface area contributed by atoms with E-state index in [2.05, 4.69) is 14.8 Å². The maximum atomic E-state index is 10.7. The number of hydrogen-bond acceptors (Lipinski definition) is 4. The topological polar surface area (TPSA) is 62.5 Å². The molecule has 0 aromatic carbocycles. The number of aromatic nitrogens is 1. The maximum absolute atomic E-state index is 10.7. The number of pyridine rings is 1. The molecule has 0 atom stereocenters. The molecule has 1 amide bonds. The monoisotopic (exact) mass is 306 g/mol. The average Bonchev–Trinajstić information content (AvgIpc) is 2.38. The minimum absolute atomic E-state index is 0. The number of carbonyl (C=O) groups is 1. The van der Waals surface area contributed by atoms with E-state index in [4.69, 9.17) is 5.73 Å². The number of rotatable bonds is 4. The van der Waals surface area contributed by atoms with Crippen LogP contribution in [0, 0.1) is 0 Å². The van der Waals surface area contributed by atoms with Crippen molar-refractivity contribution in [3.8, 4) is 0 Å². The molecule has 0 aliphatic carbocycles. The first-order chi connectivity index (χ1) is 8.25. The third-order valence-electron chi connectivity index (χ3n) is 3.02. The highest BCUT2D eigenvalue weighted by molar-refractivity contribution is 5.85. The lowest BCUT2D eigenvalue weighted by Crippen LogP contribution is -2.47. The van der Waals surface area contributed by atoms with Crippen molar-refractivity contribution in [2.45, 2.75) is 6.42 Å². The normalized spacial score (nSPS) is 15.3. The van der Waals surface area contributed by atoms with Crippen molar-refractivity contribution in [1.82, 2.24) is 9.88 Å². The Morgan fingerprint density at radius 1 is 1.21 bits per heavy atom. The zero-order valence-electron chi connectivity index (χ0n) is 10.7. The van der Waals surface area contributed by atoms with Crippen LogP contribution in [0.2, 0.25) is 0 Å². The van der Waals surface area contributed by atoms with Gasteiger partial charge in [-0.3, -0.25) is 9.69 Å². The molecule has 1 aliphatic heterocycles. The standard InChI is InChI=1S/C12H18N4O.2ClH/c13-11(17)4-6-15-7-9-16(10-8-15)12-3-1-2-5-14-12;;/h1-3,5H,4,6-10H2,(H2,13,17);2*1H. The Kier molecular flexibility index (Phi) is 8.47. The molecule has 2 heterocycles. The Bertz CT molecular complexity index is 369. The van der Waals surface area contributed by atoms with Crippen LogP contribution >= 0.6 is 24.8 Å². The van der Waals surface area contributed by atoms with Crippen molar-refractivity contribution < 1.29 is 4.79 Å². The second-order valence-corrected chi connectivity index (χ2v) is 4.23. The summed E-state index contributed by atoms with van der Waals surface area (Å²) in [6, 6.07) is 5.95. The largest absolute Gasteiger partial charge is 0.370 e. The van der Waals surface area contributed by atoms with Gasteiger partial charge in [0.25, 0.3) is 0 Å². The van der Waals surface area contributed by atoms with Crippen molar-refractivity contribution in [2.24, 2.45) is 5.73 Å². The molecule has 5 nitrogen and oxygen atoms in total. The molecule has 1 aromatic rings. The van der Waals surface area contributed by atoms with E-state index in [1.54, 1.807) is 0 Å². The Hall–Kier alpha value is -1.04. The number of piperazine rings is 1. The number of halogens is 2. The van der Waals surface area contributed by atoms with Crippen LogP contribution in [-0.4, -0.2) is 48.5 Å². The molecular formula is C12H20Cl2N4O. The number of hydrogen-bond donors (Lipinski definition) is 1. The zero-order chi connectivity index (χ0) is 12.1. The molecule has 108 valence electrons. The molecule has 19 heavy (non-hydrogen) atoms. The van der Waals surface area contributed by atoms with E-state index in [0.717, 1.165) is 38.5 Å². The lowest BCUT2D eigenvalue weighted by molar-refractivity contribution is -0.118. The molecule has 0 spiro atoms. The second kappa shape index (κ2) is 8.96. The van der Waals surface area contributed by atoms with Crippen LogP contribution in [0.15, 0.2) is 24.4 Å². The fourth-order valence-corrected chi connectivity index (χ4v) is 2.01. The summed E-state index contributed by atoms with van der Waals surface area (Å²) in [5.74, 6) is 0.805. The quantitative estimate of drug-likeness (QED) is 0.898. The number of anilines is 1. The van der Waals surface area contributed by atoms with Gasteiger partial charge in [-0.15, -0.1) is 24.8 Å². The number of carbonyl (C=O) groups excluding carboxylic acids is 1. The van der Waals surface area contributed by atoms with Gasteiger partial charge in [0.05, 0.1) is 0 Å². The minimum atomic E-state index is -0.225. The van der Waals surface area contributed by atoms with E-state index >= 15 is 0 Å². The van der Waals surface area contributed by atoms with Crippen molar-refractivity contribution >= 4 is 36.5 Å². The van der Waals surface area contributed by atoms with Crippen LogP contribution in [0.1, 0.15) is 6.42 Å². The third-order valence-corrected chi connectivity index (χ3v) is 3.02. The molecule has 7 heteroatoms. The van der Waals surface area contributed by atoms with Gasteiger partial charge >= 0.3 is 0 Å². The van der Waals surface area contributed by atoms with Gasteiger partial charge in [-0.25, -0.2) is 4.98 Å². The summed E-state index contributed by atoms with van der Waals surface area (Å²) in [5, 5.41) is 0. The van der Waals surface area contributed by atoms with E-state index in [1.165, 1.54) is 0 Å². The smallest absolute Gasteiger partial charge is 0.218 e. The Morgan fingerprint density at radius 3 is 2.42 bits per heavy atom. The second-order valence-electron chi connectivity index (χ2n) is 4.23. The maximum Gasteiger partial charge on any atom is 0.218 e. The summed E-state index contributed by atoms with van der Waals surface area (Å²) in [6.07, 6.45) is 2.26. The van der Waals surface area contributed by atoms with Gasteiger partial charge in [0.2, 0.25) is 5.91 Å². The molecule has 1 fully saturated rings. The molecule has 0 bridgehead atoms. The molecule has 1 saturated heterocycles. The molecule has 1 aromatic heterocycles. The van der Waals surface area contributed by atoms with Crippen LogP contribution in [-0.2, 0) is 4.79 Å². The van der Waals surface area contributed by atoms with Crippen molar-refractivity contribution in [1.29, 1.82) is 0 Å². The lowest BCUT2D eigenvalue weighted by atomic mass is 10.2. The summed E-state index contributed by atoms with van der Waals surface area (Å²) >= 11 is 0. The molecule has 0 unspecified atom stereocenters. The number of nitrogens with zero attached hydrogens (tertiary/aromatic N) is 3. The molecule has 0 radical (unpaired) electrons. The van der Waals surface area contributed by atoms with Crippen molar-refractivity contribution in [3.05, 3.63) is 24.4 Å². The third kappa shape index (κ3) is 5.63. The summed E-state index contributed by atoms with van der Waals surface area (Å²) < 4.78 is 0. The summed E-state index contributed by atoms with van der Waals surface area (Å²) in [4.78, 5) is 19.6. The SMILES string of the molecule is Cl.Cl.NC(=O)CCN1CCN(c2ccccn2)CC1. The van der Waals surface area contributed by atoms with E-state index < -0.39 is 0 Å². The van der Waals surface area contributed by atoms with Crippen molar-refractivity contribution in [3.63, 3.8) is 0 Å². The summed E-state index contributed by atoms with van der Waals surface area (Å²) in [7, 11) is 0. The predicted octanol–water partition coefficient (Wildman–Crippen LogP) is 0.923. The molecular weight excluding hydrogens is 287 g/mol. The number of primary amides is 1. The van der Waals surface area contributed by atoms with Gasteiger partial charge < -0.3 is 10.6 Å². The Morgan fingerprint density at radius 2 is 1.89 bits per heavy atom. The summed E-state index contributed by atoms with van der Waals surface area (Å²) in [5.41, 5.74) is 5.14. The average molecular weight is 307 g/mol. The molecule has 2 N–H and O–H groups in total. The molecule has 0 saturated carbocycles. The van der Waals surface area contributed by atoms with E-state index in [0.29, 0.717) is 6.42 Å². The van der Waals surface area contributed by atoms with E-state index in [9.17, 15) is 4.79 Å². The van der Waals surface area contributed by atoms with Gasteiger partial charge in [-0.2, -0.15) is 0 Å². The highest BCUT2D eigenvalue weighted by Gasteiger charge is 2.17. The van der Waals surface area contributed by atoms with E-state index in [-0.39, 0.29) is 30.7 Å². The number of nitrogens with two attached hydrogens (primary N) is 1. The Labute approximate surface area is 126 Å². The lowest BCUT2D eigenvalue weighted by Gasteiger charge is -2.35. The van der Waals surface area contributed by atoms with Crippen LogP contribution in [0.5, 0.6) is 0 Å². The van der Waals surface area contributed by atoms with Crippen LogP contribution < -0.4 is 10.6 Å². The van der Waals surface area contributed by atoms with Crippen LogP contribution in [0.25, 0.3) is 0 Å². The minimum Gasteiger partial charge on any atom is -0.370 e. The van der Waals surface area contributed by atoms with E-state index in [1.807, 2.05) is 24.4 Å². The van der Waals surface area contributed by atoms with Crippen molar-refractivity contribution in [2.75, 3.05) is 37.6 Å². The van der Waals surface area contributed by atoms with Gasteiger partial charge in [-0.1, -0.05) is 6.07 Å². The van der Waals surface area contributed by atoms with Gasteiger partial charge in [0.15, 0.2) is 0 Å². The fourth-order valence-electron chi connectivity index (χ4n) is 2.01. The van der Waals surface area contributed by atoms with Gasteiger partial charge in [-0.05, 0) is 12.1 Å². The van der Waals surface area contributed by atoms with Crippen LogP contribution in [0.4, 0.5) is 5.82 Å². The molecule has 2 rings (SSSR count). The first-order valence-corrected chi connectivity index (χ1v) is 5.92. The first kappa shape index (κ1) is 18.0. The first-order valence-electron chi connectivity index (χ1n) is 5.92. The highest BCUT2D eigenvalue weighted by Crippen LogP contribution is 2.12. The molecule has 1 aliphatic rings. The zero-order valence-corrected chi connectivity index (χ0v) is 12.3. The summed E-state index contributed by atoms with van der Waals surface area (Å²) in [6.45, 7) is 4.60. The highest BCUT2D eigenvalue weighted by atomic mass is 35.5. The predicted molar refractivity (Wildman–Crippen MR) is 81.2 cm³/mol. The Balaban J connectivity index is 0.00000162.